The van der Waals surface area contributed by atoms with Gasteiger partial charge in [-0.25, -0.2) is 0 Å². The first-order valence-corrected chi connectivity index (χ1v) is 8.27. The van der Waals surface area contributed by atoms with Gasteiger partial charge < -0.3 is 23.6 Å². The third-order valence-electron chi connectivity index (χ3n) is 4.15. The van der Waals surface area contributed by atoms with E-state index in [-0.39, 0.29) is 5.92 Å². The molecule has 0 spiro atoms. The summed E-state index contributed by atoms with van der Waals surface area (Å²) in [5.41, 5.74) is 0. The van der Waals surface area contributed by atoms with Gasteiger partial charge >= 0.3 is 0 Å². The van der Waals surface area contributed by atoms with Crippen LogP contribution in [0.15, 0.2) is 10.6 Å². The molecule has 0 N–H and O–H groups in total. The number of aromatic nitrogens is 4. The number of piperidine rings is 1. The van der Waals surface area contributed by atoms with E-state index in [4.69, 9.17) is 18.7 Å². The quantitative estimate of drug-likeness (QED) is 0.736. The van der Waals surface area contributed by atoms with Gasteiger partial charge in [0.05, 0.1) is 32.8 Å². The van der Waals surface area contributed by atoms with Crippen LogP contribution in [0.2, 0.25) is 0 Å². The molecule has 2 aromatic rings. The van der Waals surface area contributed by atoms with E-state index in [9.17, 15) is 0 Å². The third-order valence-corrected chi connectivity index (χ3v) is 4.15. The van der Waals surface area contributed by atoms with Crippen LogP contribution in [0.4, 0.5) is 5.95 Å². The van der Waals surface area contributed by atoms with Gasteiger partial charge in [0.1, 0.15) is 0 Å². The Morgan fingerprint density at radius 2 is 1.92 bits per heavy atom. The van der Waals surface area contributed by atoms with Crippen LogP contribution in [0, 0.1) is 0 Å². The Morgan fingerprint density at radius 1 is 1.16 bits per heavy atom. The molecule has 2 aromatic heterocycles. The second-order valence-corrected chi connectivity index (χ2v) is 5.83. The van der Waals surface area contributed by atoms with Crippen molar-refractivity contribution in [1.29, 1.82) is 0 Å². The molecule has 25 heavy (non-hydrogen) atoms. The summed E-state index contributed by atoms with van der Waals surface area (Å²) in [6.45, 7) is 2.15. The van der Waals surface area contributed by atoms with Gasteiger partial charge in [-0.2, -0.15) is 15.0 Å². The molecule has 0 radical (unpaired) electrons. The zero-order valence-corrected chi connectivity index (χ0v) is 14.8. The molecule has 3 rings (SSSR count). The molecule has 0 amide bonds. The zero-order chi connectivity index (χ0) is 17.6. The maximum absolute atomic E-state index is 5.44. The van der Waals surface area contributed by atoms with Crippen LogP contribution in [0.3, 0.4) is 0 Å². The minimum atomic E-state index is 0.151. The number of methoxy groups -OCH3 is 3. The molecule has 136 valence electrons. The molecule has 0 aliphatic carbocycles. The van der Waals surface area contributed by atoms with Crippen molar-refractivity contribution in [2.75, 3.05) is 45.9 Å². The van der Waals surface area contributed by atoms with E-state index in [0.717, 1.165) is 19.4 Å². The molecule has 9 nitrogen and oxygen atoms in total. The predicted octanol–water partition coefficient (Wildman–Crippen LogP) is 1.45. The van der Waals surface area contributed by atoms with Gasteiger partial charge in [-0.05, 0) is 12.8 Å². The predicted molar refractivity (Wildman–Crippen MR) is 89.2 cm³/mol. The zero-order valence-electron chi connectivity index (χ0n) is 14.8. The molecule has 0 aromatic carbocycles. The lowest BCUT2D eigenvalue weighted by Crippen LogP contribution is -2.35. The lowest BCUT2D eigenvalue weighted by Gasteiger charge is -2.31. The lowest BCUT2D eigenvalue weighted by atomic mass is 9.98. The highest BCUT2D eigenvalue weighted by Gasteiger charge is 2.28. The minimum Gasteiger partial charge on any atom is -0.481 e. The van der Waals surface area contributed by atoms with Gasteiger partial charge in [-0.3, -0.25) is 0 Å². The monoisotopic (exact) mass is 349 g/mol. The van der Waals surface area contributed by atoms with Crippen molar-refractivity contribution < 1.29 is 18.7 Å². The van der Waals surface area contributed by atoms with Crippen LogP contribution >= 0.6 is 0 Å². The van der Waals surface area contributed by atoms with Crippen molar-refractivity contribution in [3.8, 4) is 11.8 Å². The Bertz CT molecular complexity index is 671. The maximum atomic E-state index is 5.44. The van der Waals surface area contributed by atoms with Crippen molar-refractivity contribution >= 4 is 5.95 Å². The summed E-state index contributed by atoms with van der Waals surface area (Å²) in [5.74, 6) is 3.02. The van der Waals surface area contributed by atoms with Crippen molar-refractivity contribution in [2.45, 2.75) is 25.2 Å². The fourth-order valence-corrected chi connectivity index (χ4v) is 2.83. The second kappa shape index (κ2) is 8.11. The minimum absolute atomic E-state index is 0.151. The fourth-order valence-electron chi connectivity index (χ4n) is 2.83. The van der Waals surface area contributed by atoms with E-state index in [1.54, 1.807) is 27.4 Å². The molecular formula is C16H23N5O4. The molecule has 1 saturated heterocycles. The Balaban J connectivity index is 1.73. The van der Waals surface area contributed by atoms with Gasteiger partial charge in [0.25, 0.3) is 0 Å². The summed E-state index contributed by atoms with van der Waals surface area (Å²) >= 11 is 0. The van der Waals surface area contributed by atoms with E-state index < -0.39 is 0 Å². The molecule has 0 bridgehead atoms. The van der Waals surface area contributed by atoms with E-state index in [1.165, 1.54) is 0 Å². The van der Waals surface area contributed by atoms with Gasteiger partial charge in [-0.1, -0.05) is 5.16 Å². The van der Waals surface area contributed by atoms with Gasteiger partial charge in [0, 0.05) is 26.6 Å². The van der Waals surface area contributed by atoms with Gasteiger partial charge in [0.15, 0.2) is 5.82 Å². The summed E-state index contributed by atoms with van der Waals surface area (Å²) < 4.78 is 21.0. The topological polar surface area (TPSA) is 95.6 Å². The summed E-state index contributed by atoms with van der Waals surface area (Å²) in [6.07, 6.45) is 2.62. The van der Waals surface area contributed by atoms with Gasteiger partial charge in [0.2, 0.25) is 23.6 Å². The largest absolute Gasteiger partial charge is 0.481 e. The van der Waals surface area contributed by atoms with E-state index >= 15 is 0 Å². The van der Waals surface area contributed by atoms with Crippen LogP contribution in [-0.4, -0.2) is 61.1 Å². The molecule has 9 heteroatoms. The smallest absolute Gasteiger partial charge is 0.231 e. The van der Waals surface area contributed by atoms with Crippen LogP contribution in [0.1, 0.15) is 30.5 Å². The molecule has 1 atom stereocenters. The number of anilines is 1. The lowest BCUT2D eigenvalue weighted by molar-refractivity contribution is 0.199. The highest BCUT2D eigenvalue weighted by atomic mass is 16.5. The van der Waals surface area contributed by atoms with Crippen molar-refractivity contribution in [1.82, 2.24) is 20.1 Å². The Labute approximate surface area is 146 Å². The molecule has 0 saturated carbocycles. The molecule has 0 unspecified atom stereocenters. The number of hydrogen-bond donors (Lipinski definition) is 0. The SMILES string of the molecule is COCCc1noc([C@H]2CCCN(c3nc(OC)cc(OC)n3)C2)n1. The van der Waals surface area contributed by atoms with Gasteiger partial charge in [-0.15, -0.1) is 0 Å². The fraction of sp³-hybridized carbons (Fsp3) is 0.625. The number of hydrogen-bond acceptors (Lipinski definition) is 9. The Hall–Kier alpha value is -2.42. The average Bonchev–Trinajstić information content (AvgIpc) is 3.15. The molecule has 1 aliphatic rings. The molecule has 1 fully saturated rings. The number of ether oxygens (including phenoxy) is 3. The molecule has 1 aliphatic heterocycles. The second-order valence-electron chi connectivity index (χ2n) is 5.83. The summed E-state index contributed by atoms with van der Waals surface area (Å²) in [6, 6.07) is 1.66. The van der Waals surface area contributed by atoms with E-state index in [2.05, 4.69) is 25.0 Å². The highest BCUT2D eigenvalue weighted by Crippen LogP contribution is 2.29. The first kappa shape index (κ1) is 17.4. The van der Waals surface area contributed by atoms with Crippen molar-refractivity contribution in [3.05, 3.63) is 17.8 Å². The summed E-state index contributed by atoms with van der Waals surface area (Å²) in [7, 11) is 4.80. The van der Waals surface area contributed by atoms with Crippen LogP contribution in [0.25, 0.3) is 0 Å². The Kier molecular flexibility index (Phi) is 5.64. The first-order chi connectivity index (χ1) is 12.2. The number of rotatable bonds is 7. The average molecular weight is 349 g/mol. The van der Waals surface area contributed by atoms with E-state index in [1.807, 2.05) is 0 Å². The maximum Gasteiger partial charge on any atom is 0.231 e. The Morgan fingerprint density at radius 3 is 2.60 bits per heavy atom. The van der Waals surface area contributed by atoms with Crippen molar-refractivity contribution in [2.24, 2.45) is 0 Å². The van der Waals surface area contributed by atoms with E-state index in [0.29, 0.717) is 49.0 Å². The van der Waals surface area contributed by atoms with Crippen LogP contribution in [-0.2, 0) is 11.2 Å². The normalized spacial score (nSPS) is 17.6. The number of nitrogens with zero attached hydrogens (tertiary/aromatic N) is 5. The van der Waals surface area contributed by atoms with Crippen LogP contribution < -0.4 is 14.4 Å². The highest BCUT2D eigenvalue weighted by molar-refractivity contribution is 5.37. The molecular weight excluding hydrogens is 326 g/mol. The summed E-state index contributed by atoms with van der Waals surface area (Å²) in [4.78, 5) is 15.4. The first-order valence-electron chi connectivity index (χ1n) is 8.27. The third kappa shape index (κ3) is 4.16. The van der Waals surface area contributed by atoms with Crippen molar-refractivity contribution in [3.63, 3.8) is 0 Å². The summed E-state index contributed by atoms with van der Waals surface area (Å²) in [5, 5.41) is 4.03. The standard InChI is InChI=1S/C16H23N5O4/c1-22-8-6-12-17-15(25-20-12)11-5-4-7-21(10-11)16-18-13(23-2)9-14(19-16)24-3/h9,11H,4-8,10H2,1-3H3/t11-/m0/s1. The van der Waals surface area contributed by atoms with Crippen LogP contribution in [0.5, 0.6) is 11.8 Å². The molecule has 3 heterocycles.